The molecule has 1 aliphatic heterocycles. The Labute approximate surface area is 81.3 Å². The number of carbonyl (C=O) groups is 1. The Bertz CT molecular complexity index is 310. The lowest BCUT2D eigenvalue weighted by molar-refractivity contribution is -0.128. The molecule has 1 aromatic heterocycles. The maximum absolute atomic E-state index is 11.4. The molecule has 1 fully saturated rings. The first-order valence-electron chi connectivity index (χ1n) is 4.55. The Morgan fingerprint density at radius 1 is 1.71 bits per heavy atom. The quantitative estimate of drug-likeness (QED) is 0.739. The SMILES string of the molecule is O=C1CC(CO)CN1Cc1cocn1. The van der Waals surface area contributed by atoms with Crippen molar-refractivity contribution >= 4 is 5.91 Å². The highest BCUT2D eigenvalue weighted by atomic mass is 16.3. The zero-order chi connectivity index (χ0) is 9.97. The summed E-state index contributed by atoms with van der Waals surface area (Å²) in [6.07, 6.45) is 3.31. The molecule has 2 heterocycles. The molecule has 5 heteroatoms. The van der Waals surface area contributed by atoms with Crippen molar-refractivity contribution in [1.82, 2.24) is 9.88 Å². The van der Waals surface area contributed by atoms with Gasteiger partial charge in [0.25, 0.3) is 0 Å². The summed E-state index contributed by atoms with van der Waals surface area (Å²) in [5.41, 5.74) is 0.747. The number of carbonyl (C=O) groups excluding carboxylic acids is 1. The van der Waals surface area contributed by atoms with E-state index in [4.69, 9.17) is 9.52 Å². The summed E-state index contributed by atoms with van der Waals surface area (Å²) in [6, 6.07) is 0. The van der Waals surface area contributed by atoms with Gasteiger partial charge in [0, 0.05) is 25.5 Å². The number of nitrogens with zero attached hydrogens (tertiary/aromatic N) is 2. The predicted octanol–water partition coefficient (Wildman–Crippen LogP) is 0.0154. The van der Waals surface area contributed by atoms with Crippen LogP contribution in [0.5, 0.6) is 0 Å². The zero-order valence-electron chi connectivity index (χ0n) is 7.72. The number of likely N-dealkylation sites (tertiary alicyclic amines) is 1. The number of rotatable bonds is 3. The van der Waals surface area contributed by atoms with Gasteiger partial charge in [-0.1, -0.05) is 0 Å². The van der Waals surface area contributed by atoms with Crippen LogP contribution in [-0.4, -0.2) is 34.0 Å². The first kappa shape index (κ1) is 9.21. The Morgan fingerprint density at radius 3 is 3.14 bits per heavy atom. The largest absolute Gasteiger partial charge is 0.451 e. The van der Waals surface area contributed by atoms with Crippen molar-refractivity contribution in [3.8, 4) is 0 Å². The summed E-state index contributed by atoms with van der Waals surface area (Å²) in [5, 5.41) is 8.91. The van der Waals surface area contributed by atoms with Crippen LogP contribution in [0.4, 0.5) is 0 Å². The zero-order valence-corrected chi connectivity index (χ0v) is 7.72. The third-order valence-electron chi connectivity index (χ3n) is 2.39. The molecule has 5 nitrogen and oxygen atoms in total. The fraction of sp³-hybridized carbons (Fsp3) is 0.556. The molecule has 1 amide bonds. The molecule has 0 spiro atoms. The number of aromatic nitrogens is 1. The third-order valence-corrected chi connectivity index (χ3v) is 2.39. The molecule has 0 radical (unpaired) electrons. The van der Waals surface area contributed by atoms with Gasteiger partial charge >= 0.3 is 0 Å². The van der Waals surface area contributed by atoms with Crippen LogP contribution in [0.25, 0.3) is 0 Å². The van der Waals surface area contributed by atoms with Gasteiger partial charge in [-0.05, 0) is 0 Å². The molecule has 1 saturated heterocycles. The fourth-order valence-electron chi connectivity index (χ4n) is 1.64. The van der Waals surface area contributed by atoms with Gasteiger partial charge in [-0.2, -0.15) is 0 Å². The van der Waals surface area contributed by atoms with Crippen molar-refractivity contribution in [3.63, 3.8) is 0 Å². The van der Waals surface area contributed by atoms with E-state index in [-0.39, 0.29) is 18.4 Å². The molecular formula is C9H12N2O3. The number of amides is 1. The van der Waals surface area contributed by atoms with Crippen LogP contribution >= 0.6 is 0 Å². The van der Waals surface area contributed by atoms with Gasteiger partial charge in [0.1, 0.15) is 6.26 Å². The summed E-state index contributed by atoms with van der Waals surface area (Å²) >= 11 is 0. The monoisotopic (exact) mass is 196 g/mol. The van der Waals surface area contributed by atoms with Gasteiger partial charge in [-0.25, -0.2) is 4.98 Å². The lowest BCUT2D eigenvalue weighted by Crippen LogP contribution is -2.25. The van der Waals surface area contributed by atoms with E-state index in [0.29, 0.717) is 19.5 Å². The molecule has 2 rings (SSSR count). The normalized spacial score (nSPS) is 21.9. The molecule has 1 aliphatic rings. The number of hydrogen-bond acceptors (Lipinski definition) is 4. The second-order valence-electron chi connectivity index (χ2n) is 3.51. The molecule has 0 aromatic carbocycles. The van der Waals surface area contributed by atoms with Crippen molar-refractivity contribution in [2.45, 2.75) is 13.0 Å². The van der Waals surface area contributed by atoms with Gasteiger partial charge in [-0.15, -0.1) is 0 Å². The smallest absolute Gasteiger partial charge is 0.223 e. The Hall–Kier alpha value is -1.36. The highest BCUT2D eigenvalue weighted by molar-refractivity contribution is 5.78. The van der Waals surface area contributed by atoms with E-state index in [1.165, 1.54) is 12.7 Å². The van der Waals surface area contributed by atoms with E-state index in [1.807, 2.05) is 0 Å². The van der Waals surface area contributed by atoms with Gasteiger partial charge < -0.3 is 14.4 Å². The topological polar surface area (TPSA) is 66.6 Å². The highest BCUT2D eigenvalue weighted by Gasteiger charge is 2.29. The molecular weight excluding hydrogens is 184 g/mol. The first-order valence-corrected chi connectivity index (χ1v) is 4.55. The summed E-state index contributed by atoms with van der Waals surface area (Å²) in [4.78, 5) is 17.1. The average Bonchev–Trinajstić information content (AvgIpc) is 2.78. The summed E-state index contributed by atoms with van der Waals surface area (Å²) < 4.78 is 4.81. The maximum Gasteiger partial charge on any atom is 0.223 e. The molecule has 1 N–H and O–H groups in total. The molecule has 14 heavy (non-hydrogen) atoms. The number of hydrogen-bond donors (Lipinski definition) is 1. The third kappa shape index (κ3) is 1.77. The van der Waals surface area contributed by atoms with E-state index in [9.17, 15) is 4.79 Å². The van der Waals surface area contributed by atoms with E-state index in [2.05, 4.69) is 4.98 Å². The minimum atomic E-state index is 0.0705. The van der Waals surface area contributed by atoms with Crippen LogP contribution in [-0.2, 0) is 11.3 Å². The van der Waals surface area contributed by atoms with Crippen molar-refractivity contribution in [1.29, 1.82) is 0 Å². The molecule has 1 unspecified atom stereocenters. The van der Waals surface area contributed by atoms with Crippen LogP contribution in [0.15, 0.2) is 17.1 Å². The standard InChI is InChI=1S/C9H12N2O3/c12-4-7-1-9(13)11(2-7)3-8-5-14-6-10-8/h5-7,12H,1-4H2. The summed E-state index contributed by atoms with van der Waals surface area (Å²) in [7, 11) is 0. The lowest BCUT2D eigenvalue weighted by Gasteiger charge is -2.13. The van der Waals surface area contributed by atoms with E-state index in [1.54, 1.807) is 4.90 Å². The Morgan fingerprint density at radius 2 is 2.57 bits per heavy atom. The van der Waals surface area contributed by atoms with Crippen LogP contribution in [0.2, 0.25) is 0 Å². The average molecular weight is 196 g/mol. The highest BCUT2D eigenvalue weighted by Crippen LogP contribution is 2.18. The molecule has 0 saturated carbocycles. The van der Waals surface area contributed by atoms with E-state index in [0.717, 1.165) is 5.69 Å². The Kier molecular flexibility index (Phi) is 2.49. The predicted molar refractivity (Wildman–Crippen MR) is 47.1 cm³/mol. The minimum Gasteiger partial charge on any atom is -0.451 e. The van der Waals surface area contributed by atoms with Crippen molar-refractivity contribution in [2.75, 3.05) is 13.2 Å². The first-order chi connectivity index (χ1) is 6.79. The van der Waals surface area contributed by atoms with Gasteiger partial charge in [0.05, 0.1) is 12.2 Å². The second-order valence-corrected chi connectivity index (χ2v) is 3.51. The van der Waals surface area contributed by atoms with Gasteiger partial charge in [0.2, 0.25) is 5.91 Å². The summed E-state index contributed by atoms with van der Waals surface area (Å²) in [5.74, 6) is 0.154. The van der Waals surface area contributed by atoms with Crippen molar-refractivity contribution < 1.29 is 14.3 Å². The van der Waals surface area contributed by atoms with Crippen LogP contribution in [0.3, 0.4) is 0 Å². The van der Waals surface area contributed by atoms with Crippen molar-refractivity contribution in [3.05, 3.63) is 18.4 Å². The van der Waals surface area contributed by atoms with Crippen LogP contribution in [0, 0.1) is 5.92 Å². The lowest BCUT2D eigenvalue weighted by atomic mass is 10.1. The van der Waals surface area contributed by atoms with Gasteiger partial charge in [-0.3, -0.25) is 4.79 Å². The van der Waals surface area contributed by atoms with Crippen LogP contribution in [0.1, 0.15) is 12.1 Å². The maximum atomic E-state index is 11.4. The molecule has 76 valence electrons. The Balaban J connectivity index is 1.96. The van der Waals surface area contributed by atoms with E-state index >= 15 is 0 Å². The molecule has 1 aromatic rings. The van der Waals surface area contributed by atoms with Crippen LogP contribution < -0.4 is 0 Å². The fourth-order valence-corrected chi connectivity index (χ4v) is 1.64. The summed E-state index contributed by atoms with van der Waals surface area (Å²) in [6.45, 7) is 1.16. The molecule has 1 atom stereocenters. The van der Waals surface area contributed by atoms with Crippen molar-refractivity contribution in [2.24, 2.45) is 5.92 Å². The number of oxazole rings is 1. The minimum absolute atomic E-state index is 0.0705. The molecule has 0 aliphatic carbocycles. The second kappa shape index (κ2) is 3.79. The van der Waals surface area contributed by atoms with Gasteiger partial charge in [0.15, 0.2) is 6.39 Å². The number of aliphatic hydroxyl groups is 1. The number of aliphatic hydroxyl groups excluding tert-OH is 1. The molecule has 0 bridgehead atoms. The van der Waals surface area contributed by atoms with E-state index < -0.39 is 0 Å².